The fraction of sp³-hybridized carbons (Fsp3) is 0.765. The van der Waals surface area contributed by atoms with Crippen LogP contribution in [0, 0.1) is 0 Å². The fourth-order valence-electron chi connectivity index (χ4n) is 5.36. The zero-order valence-corrected chi connectivity index (χ0v) is 27.2. The Bertz CT molecular complexity index is 884. The topological polar surface area (TPSA) is 131 Å². The maximum absolute atomic E-state index is 12.6. The smallest absolute Gasteiger partial charge is 0.331 e. The van der Waals surface area contributed by atoms with E-state index in [1.807, 2.05) is 0 Å². The lowest BCUT2D eigenvalue weighted by Gasteiger charge is -2.37. The molecule has 0 heterocycles. The Hall–Kier alpha value is -2.68. The summed E-state index contributed by atoms with van der Waals surface area (Å²) in [6.07, 6.45) is 23.0. The monoisotopic (exact) mass is 606 g/mol. The summed E-state index contributed by atoms with van der Waals surface area (Å²) in [7, 11) is 0. The number of carboxylic acid groups (broad SMARTS) is 1. The predicted octanol–water partition coefficient (Wildman–Crippen LogP) is 6.55. The van der Waals surface area contributed by atoms with Crippen molar-refractivity contribution in [3.8, 4) is 0 Å². The zero-order valence-electron chi connectivity index (χ0n) is 27.2. The molecule has 1 aliphatic carbocycles. The van der Waals surface area contributed by atoms with Crippen LogP contribution in [0.2, 0.25) is 0 Å². The second-order valence-electron chi connectivity index (χ2n) is 12.0. The van der Waals surface area contributed by atoms with Crippen LogP contribution in [0.3, 0.4) is 0 Å². The van der Waals surface area contributed by atoms with Crippen LogP contribution in [0.5, 0.6) is 0 Å². The molecule has 43 heavy (non-hydrogen) atoms. The van der Waals surface area contributed by atoms with Gasteiger partial charge in [-0.15, -0.1) is 0 Å². The number of unbranched alkanes of at least 4 members (excludes halogenated alkanes) is 15. The summed E-state index contributed by atoms with van der Waals surface area (Å²) >= 11 is 0. The van der Waals surface area contributed by atoms with E-state index in [-0.39, 0.29) is 24.0 Å². The highest BCUT2D eigenvalue weighted by atomic mass is 16.5. The lowest BCUT2D eigenvalue weighted by Crippen LogP contribution is -2.59. The Balaban J connectivity index is 2.24. The lowest BCUT2D eigenvalue weighted by atomic mass is 9.87. The van der Waals surface area contributed by atoms with Crippen molar-refractivity contribution in [1.29, 1.82) is 0 Å². The van der Waals surface area contributed by atoms with Crippen LogP contribution in [0.25, 0.3) is 0 Å². The molecule has 9 heteroatoms. The second-order valence-corrected chi connectivity index (χ2v) is 12.0. The maximum atomic E-state index is 12.6. The SMILES string of the molecule is CCCCCCCCCCCCCCCCCCOC(=O)/C=C/C(=O)N[C@H]1CC(C(=O)O)=C[C@@H](OC(C)C)[C@@H]1NC(C)=O. The molecule has 246 valence electrons. The van der Waals surface area contributed by atoms with Gasteiger partial charge in [0.2, 0.25) is 11.8 Å². The van der Waals surface area contributed by atoms with Gasteiger partial charge in [-0.1, -0.05) is 103 Å². The number of rotatable bonds is 24. The number of nitrogens with one attached hydrogen (secondary N) is 2. The van der Waals surface area contributed by atoms with Gasteiger partial charge in [0.15, 0.2) is 0 Å². The van der Waals surface area contributed by atoms with E-state index < -0.39 is 36.0 Å². The summed E-state index contributed by atoms with van der Waals surface area (Å²) in [5.74, 6) is -2.65. The van der Waals surface area contributed by atoms with Crippen molar-refractivity contribution in [3.05, 3.63) is 23.8 Å². The first-order valence-electron chi connectivity index (χ1n) is 16.7. The van der Waals surface area contributed by atoms with E-state index in [0.29, 0.717) is 6.61 Å². The van der Waals surface area contributed by atoms with E-state index >= 15 is 0 Å². The number of hydrogen-bond acceptors (Lipinski definition) is 6. The average Bonchev–Trinajstić information content (AvgIpc) is 2.94. The first kappa shape index (κ1) is 38.3. The zero-order chi connectivity index (χ0) is 31.9. The Morgan fingerprint density at radius 2 is 1.35 bits per heavy atom. The minimum atomic E-state index is -1.12. The summed E-state index contributed by atoms with van der Waals surface area (Å²) < 4.78 is 11.0. The summed E-state index contributed by atoms with van der Waals surface area (Å²) in [5.41, 5.74) is 0.0831. The number of hydrogen-bond donors (Lipinski definition) is 3. The molecule has 0 aromatic carbocycles. The molecule has 3 N–H and O–H groups in total. The second kappa shape index (κ2) is 23.7. The van der Waals surface area contributed by atoms with E-state index in [4.69, 9.17) is 9.47 Å². The van der Waals surface area contributed by atoms with Crippen LogP contribution in [-0.4, -0.2) is 59.8 Å². The minimum Gasteiger partial charge on any atom is -0.478 e. The van der Waals surface area contributed by atoms with Crippen molar-refractivity contribution < 1.29 is 33.8 Å². The fourth-order valence-corrected chi connectivity index (χ4v) is 5.36. The van der Waals surface area contributed by atoms with Gasteiger partial charge < -0.3 is 25.2 Å². The molecule has 0 aliphatic heterocycles. The summed E-state index contributed by atoms with van der Waals surface area (Å²) in [5, 5.41) is 15.0. The van der Waals surface area contributed by atoms with Gasteiger partial charge in [0, 0.05) is 31.1 Å². The molecule has 0 fully saturated rings. The first-order valence-corrected chi connectivity index (χ1v) is 16.7. The number of carbonyl (C=O) groups excluding carboxylic acids is 3. The molecule has 0 unspecified atom stereocenters. The number of aliphatic carboxylic acids is 1. The third kappa shape index (κ3) is 19.3. The quantitative estimate of drug-likeness (QED) is 0.0645. The number of amides is 2. The Kier molecular flexibility index (Phi) is 21.2. The van der Waals surface area contributed by atoms with Gasteiger partial charge in [-0.2, -0.15) is 0 Å². The van der Waals surface area contributed by atoms with Crippen LogP contribution < -0.4 is 10.6 Å². The molecule has 0 aromatic heterocycles. The van der Waals surface area contributed by atoms with Crippen LogP contribution in [0.4, 0.5) is 0 Å². The van der Waals surface area contributed by atoms with E-state index in [1.165, 1.54) is 96.5 Å². The molecule has 0 saturated heterocycles. The van der Waals surface area contributed by atoms with Crippen LogP contribution in [0.1, 0.15) is 137 Å². The van der Waals surface area contributed by atoms with Gasteiger partial charge in [0.25, 0.3) is 0 Å². The molecule has 0 radical (unpaired) electrons. The Labute approximate surface area is 259 Å². The minimum absolute atomic E-state index is 0.00150. The number of esters is 1. The van der Waals surface area contributed by atoms with Crippen LogP contribution in [0.15, 0.2) is 23.8 Å². The molecule has 0 saturated carbocycles. The lowest BCUT2D eigenvalue weighted by molar-refractivity contribution is -0.138. The van der Waals surface area contributed by atoms with Crippen LogP contribution >= 0.6 is 0 Å². The first-order chi connectivity index (χ1) is 20.6. The van der Waals surface area contributed by atoms with Gasteiger partial charge in [-0.25, -0.2) is 9.59 Å². The third-order valence-electron chi connectivity index (χ3n) is 7.61. The largest absolute Gasteiger partial charge is 0.478 e. The highest BCUT2D eigenvalue weighted by Gasteiger charge is 2.37. The molecule has 1 rings (SSSR count). The van der Waals surface area contributed by atoms with E-state index in [0.717, 1.165) is 31.4 Å². The molecule has 9 nitrogen and oxygen atoms in total. The van der Waals surface area contributed by atoms with E-state index in [1.54, 1.807) is 13.8 Å². The van der Waals surface area contributed by atoms with Gasteiger partial charge in [-0.3, -0.25) is 9.59 Å². The normalized spacial score (nSPS) is 18.4. The van der Waals surface area contributed by atoms with Crippen molar-refractivity contribution in [2.75, 3.05) is 6.61 Å². The van der Waals surface area contributed by atoms with Crippen LogP contribution in [-0.2, 0) is 28.7 Å². The summed E-state index contributed by atoms with van der Waals surface area (Å²) in [6, 6.07) is -1.40. The van der Waals surface area contributed by atoms with Gasteiger partial charge in [0.05, 0.1) is 30.9 Å². The van der Waals surface area contributed by atoms with Gasteiger partial charge in [-0.05, 0) is 26.3 Å². The number of carbonyl (C=O) groups is 4. The molecule has 0 spiro atoms. The van der Waals surface area contributed by atoms with Gasteiger partial charge >= 0.3 is 11.9 Å². The molecular formula is C34H58N2O7. The van der Waals surface area contributed by atoms with Crippen molar-refractivity contribution in [1.82, 2.24) is 10.6 Å². The molecule has 2 amide bonds. The molecule has 3 atom stereocenters. The van der Waals surface area contributed by atoms with Crippen molar-refractivity contribution in [3.63, 3.8) is 0 Å². The summed E-state index contributed by atoms with van der Waals surface area (Å²) in [4.78, 5) is 48.1. The Morgan fingerprint density at radius 1 is 0.837 bits per heavy atom. The molecule has 0 aromatic rings. The maximum Gasteiger partial charge on any atom is 0.331 e. The van der Waals surface area contributed by atoms with Gasteiger partial charge in [0.1, 0.15) is 0 Å². The van der Waals surface area contributed by atoms with Crippen molar-refractivity contribution in [2.45, 2.75) is 161 Å². The van der Waals surface area contributed by atoms with Crippen molar-refractivity contribution in [2.24, 2.45) is 0 Å². The number of ether oxygens (including phenoxy) is 2. The van der Waals surface area contributed by atoms with Crippen molar-refractivity contribution >= 4 is 23.8 Å². The molecular weight excluding hydrogens is 548 g/mol. The highest BCUT2D eigenvalue weighted by molar-refractivity contribution is 5.95. The third-order valence-corrected chi connectivity index (χ3v) is 7.61. The van der Waals surface area contributed by atoms with E-state index in [2.05, 4.69) is 17.6 Å². The number of carboxylic acids is 1. The van der Waals surface area contributed by atoms with E-state index in [9.17, 15) is 24.3 Å². The Morgan fingerprint density at radius 3 is 1.81 bits per heavy atom. The summed E-state index contributed by atoms with van der Waals surface area (Å²) in [6.45, 7) is 7.51. The standard InChI is InChI=1S/C34H58N2O7/c1-5-6-7-8-9-10-11-12-13-14-15-16-17-18-19-20-23-42-32(39)22-21-31(38)36-29-24-28(34(40)41)25-30(43-26(2)3)33(29)35-27(4)37/h21-22,25-26,29-30,33H,5-20,23-24H2,1-4H3,(H,35,37)(H,36,38)(H,40,41)/b22-21+/t29-,30+,33+/m0/s1. The molecule has 0 bridgehead atoms. The predicted molar refractivity (Wildman–Crippen MR) is 170 cm³/mol. The average molecular weight is 607 g/mol. The highest BCUT2D eigenvalue weighted by Crippen LogP contribution is 2.23. The molecule has 1 aliphatic rings.